The molecule has 0 aromatic carbocycles. The van der Waals surface area contributed by atoms with Gasteiger partial charge in [-0.25, -0.2) is 0 Å². The molecule has 4 amide bonds. The van der Waals surface area contributed by atoms with Crippen LogP contribution in [0.2, 0.25) is 0 Å². The van der Waals surface area contributed by atoms with Crippen LogP contribution in [0.3, 0.4) is 0 Å². The number of amides is 4. The highest BCUT2D eigenvalue weighted by molar-refractivity contribution is 5.92. The van der Waals surface area contributed by atoms with E-state index in [9.17, 15) is 29.7 Å². The normalized spacial score (nSPS) is 28.8. The first-order chi connectivity index (χ1) is 16.5. The van der Waals surface area contributed by atoms with Crippen molar-refractivity contribution >= 4 is 23.6 Å². The van der Waals surface area contributed by atoms with Gasteiger partial charge in [-0.05, 0) is 51.4 Å². The van der Waals surface area contributed by atoms with Crippen LogP contribution in [-0.2, 0) is 19.2 Å². The van der Waals surface area contributed by atoms with Gasteiger partial charge in [-0.1, -0.05) is 0 Å². The Hall–Kier alpha value is -3.14. The molecule has 10 heteroatoms. The van der Waals surface area contributed by atoms with Crippen molar-refractivity contribution in [3.63, 3.8) is 0 Å². The van der Waals surface area contributed by atoms with Crippen molar-refractivity contribution in [3.05, 3.63) is 0 Å². The van der Waals surface area contributed by atoms with E-state index in [2.05, 4.69) is 12.1 Å². The van der Waals surface area contributed by atoms with Crippen LogP contribution in [0.25, 0.3) is 0 Å². The second-order valence-corrected chi connectivity index (χ2v) is 9.63. The maximum Gasteiger partial charge on any atom is 0.246 e. The number of nitriles is 2. The lowest BCUT2D eigenvalue weighted by molar-refractivity contribution is -0.146. The molecule has 4 fully saturated rings. The smallest absolute Gasteiger partial charge is 0.246 e. The van der Waals surface area contributed by atoms with E-state index in [-0.39, 0.29) is 36.5 Å². The summed E-state index contributed by atoms with van der Waals surface area (Å²) >= 11 is 0. The van der Waals surface area contributed by atoms with E-state index < -0.39 is 24.2 Å². The predicted molar refractivity (Wildman–Crippen MR) is 119 cm³/mol. The van der Waals surface area contributed by atoms with Gasteiger partial charge < -0.3 is 19.6 Å². The third kappa shape index (κ3) is 4.59. The highest BCUT2D eigenvalue weighted by Crippen LogP contribution is 2.27. The van der Waals surface area contributed by atoms with E-state index in [1.807, 2.05) is 0 Å². The van der Waals surface area contributed by atoms with Crippen LogP contribution in [0.15, 0.2) is 0 Å². The van der Waals surface area contributed by atoms with Gasteiger partial charge in [-0.2, -0.15) is 10.5 Å². The first-order valence-corrected chi connectivity index (χ1v) is 12.5. The summed E-state index contributed by atoms with van der Waals surface area (Å²) in [7, 11) is 0. The minimum absolute atomic E-state index is 0.00770. The summed E-state index contributed by atoms with van der Waals surface area (Å²) in [5.41, 5.74) is 0. The van der Waals surface area contributed by atoms with Crippen molar-refractivity contribution in [2.45, 2.75) is 88.4 Å². The molecule has 0 spiro atoms. The van der Waals surface area contributed by atoms with Crippen molar-refractivity contribution < 1.29 is 19.2 Å². The zero-order valence-corrected chi connectivity index (χ0v) is 19.5. The number of rotatable bonds is 5. The average molecular weight is 469 g/mol. The van der Waals surface area contributed by atoms with E-state index in [0.717, 1.165) is 25.7 Å². The molecule has 4 atom stereocenters. The molecule has 0 aromatic heterocycles. The SMILES string of the molecule is N#CC1CCCN1C(=O)C1CCCN1C(=O)CCC(=O)N1CCCC1C(=O)N1CCCC1C#N. The van der Waals surface area contributed by atoms with Crippen molar-refractivity contribution in [1.82, 2.24) is 19.6 Å². The highest BCUT2D eigenvalue weighted by atomic mass is 16.2. The molecule has 0 bridgehead atoms. The lowest BCUT2D eigenvalue weighted by atomic mass is 10.1. The van der Waals surface area contributed by atoms with Crippen LogP contribution in [0.1, 0.15) is 64.2 Å². The molecule has 4 aliphatic heterocycles. The Kier molecular flexibility index (Phi) is 7.35. The molecule has 4 saturated heterocycles. The Labute approximate surface area is 200 Å². The van der Waals surface area contributed by atoms with Crippen LogP contribution in [0.4, 0.5) is 0 Å². The third-order valence-electron chi connectivity index (χ3n) is 7.64. The van der Waals surface area contributed by atoms with Gasteiger partial charge in [0.2, 0.25) is 23.6 Å². The monoisotopic (exact) mass is 468 g/mol. The number of carbonyl (C=O) groups is 4. The Bertz CT molecular complexity index is 849. The van der Waals surface area contributed by atoms with E-state index in [0.29, 0.717) is 51.9 Å². The molecule has 182 valence electrons. The Morgan fingerprint density at radius 3 is 1.32 bits per heavy atom. The summed E-state index contributed by atoms with van der Waals surface area (Å²) < 4.78 is 0. The fraction of sp³-hybridized carbons (Fsp3) is 0.750. The minimum Gasteiger partial charge on any atom is -0.331 e. The highest BCUT2D eigenvalue weighted by Gasteiger charge is 2.42. The largest absolute Gasteiger partial charge is 0.331 e. The summed E-state index contributed by atoms with van der Waals surface area (Å²) in [4.78, 5) is 58.3. The summed E-state index contributed by atoms with van der Waals surface area (Å²) in [6.45, 7) is 2.04. The maximum atomic E-state index is 13.0. The molecular weight excluding hydrogens is 436 g/mol. The summed E-state index contributed by atoms with van der Waals surface area (Å²) in [6.07, 6.45) is 5.50. The lowest BCUT2D eigenvalue weighted by Gasteiger charge is -2.30. The first-order valence-electron chi connectivity index (χ1n) is 12.5. The number of nitrogens with zero attached hydrogens (tertiary/aromatic N) is 6. The van der Waals surface area contributed by atoms with Crippen LogP contribution in [-0.4, -0.2) is 93.6 Å². The molecule has 0 saturated carbocycles. The van der Waals surface area contributed by atoms with Crippen molar-refractivity contribution in [3.8, 4) is 12.1 Å². The second-order valence-electron chi connectivity index (χ2n) is 9.63. The summed E-state index contributed by atoms with van der Waals surface area (Å²) in [6, 6.07) is 2.39. The molecule has 4 aliphatic rings. The zero-order chi connectivity index (χ0) is 24.2. The van der Waals surface area contributed by atoms with Crippen LogP contribution in [0.5, 0.6) is 0 Å². The molecule has 4 heterocycles. The molecule has 0 aromatic rings. The van der Waals surface area contributed by atoms with Gasteiger partial charge in [0, 0.05) is 39.0 Å². The number of hydrogen-bond acceptors (Lipinski definition) is 6. The summed E-state index contributed by atoms with van der Waals surface area (Å²) in [5.74, 6) is -0.792. The van der Waals surface area contributed by atoms with E-state index in [1.54, 1.807) is 19.6 Å². The quantitative estimate of drug-likeness (QED) is 0.586. The van der Waals surface area contributed by atoms with Gasteiger partial charge in [0.25, 0.3) is 0 Å². The van der Waals surface area contributed by atoms with Crippen LogP contribution >= 0.6 is 0 Å². The third-order valence-corrected chi connectivity index (χ3v) is 7.64. The topological polar surface area (TPSA) is 129 Å². The van der Waals surface area contributed by atoms with Gasteiger partial charge >= 0.3 is 0 Å². The fourth-order valence-electron chi connectivity index (χ4n) is 5.86. The second kappa shape index (κ2) is 10.4. The van der Waals surface area contributed by atoms with Crippen molar-refractivity contribution in [2.24, 2.45) is 0 Å². The Morgan fingerprint density at radius 1 is 0.588 bits per heavy atom. The molecule has 4 unspecified atom stereocenters. The average Bonchev–Trinajstić information content (AvgIpc) is 3.66. The van der Waals surface area contributed by atoms with Gasteiger partial charge in [-0.15, -0.1) is 0 Å². The number of hydrogen-bond donors (Lipinski definition) is 0. The van der Waals surface area contributed by atoms with Gasteiger partial charge in [0.15, 0.2) is 0 Å². The molecule has 0 radical (unpaired) electrons. The number of carbonyl (C=O) groups excluding carboxylic acids is 4. The van der Waals surface area contributed by atoms with Crippen LogP contribution in [0, 0.1) is 22.7 Å². The summed E-state index contributed by atoms with van der Waals surface area (Å²) in [5, 5.41) is 18.6. The van der Waals surface area contributed by atoms with Gasteiger partial charge in [0.1, 0.15) is 24.2 Å². The zero-order valence-electron chi connectivity index (χ0n) is 19.5. The van der Waals surface area contributed by atoms with E-state index >= 15 is 0 Å². The van der Waals surface area contributed by atoms with Crippen molar-refractivity contribution in [1.29, 1.82) is 10.5 Å². The van der Waals surface area contributed by atoms with Gasteiger partial charge in [-0.3, -0.25) is 19.2 Å². The minimum atomic E-state index is -0.559. The van der Waals surface area contributed by atoms with E-state index in [1.165, 1.54) is 0 Å². The van der Waals surface area contributed by atoms with Crippen molar-refractivity contribution in [2.75, 3.05) is 26.2 Å². The lowest BCUT2D eigenvalue weighted by Crippen LogP contribution is -2.50. The standard InChI is InChI=1S/C24H32N6O4/c25-15-17-5-1-11-27(17)23(33)19-7-3-13-29(19)21(31)9-10-22(32)30-14-4-8-20(30)24(34)28-12-2-6-18(28)16-26/h17-20H,1-14H2. The Balaban J connectivity index is 1.33. The molecule has 10 nitrogen and oxygen atoms in total. The predicted octanol–water partition coefficient (Wildman–Crippen LogP) is 0.778. The molecule has 4 rings (SSSR count). The maximum absolute atomic E-state index is 13.0. The molecule has 34 heavy (non-hydrogen) atoms. The fourth-order valence-corrected chi connectivity index (χ4v) is 5.86. The molecule has 0 aliphatic carbocycles. The van der Waals surface area contributed by atoms with Gasteiger partial charge in [0.05, 0.1) is 12.1 Å². The molecular formula is C24H32N6O4. The molecule has 0 N–H and O–H groups in total. The Morgan fingerprint density at radius 2 is 0.941 bits per heavy atom. The number of likely N-dealkylation sites (tertiary alicyclic amines) is 4. The first kappa shape index (κ1) is 24.0. The van der Waals surface area contributed by atoms with E-state index in [4.69, 9.17) is 0 Å². The van der Waals surface area contributed by atoms with Crippen LogP contribution < -0.4 is 0 Å².